The van der Waals surface area contributed by atoms with Gasteiger partial charge in [-0.3, -0.25) is 4.79 Å². The summed E-state index contributed by atoms with van der Waals surface area (Å²) in [7, 11) is 0. The zero-order chi connectivity index (χ0) is 15.0. The fourth-order valence-electron chi connectivity index (χ4n) is 3.24. The second kappa shape index (κ2) is 5.22. The summed E-state index contributed by atoms with van der Waals surface area (Å²) in [4.78, 5) is 17.2. The number of carbonyl (C=O) groups is 1. The average molecular weight is 301 g/mol. The predicted octanol–water partition coefficient (Wildman–Crippen LogP) is 2.60. The maximum Gasteiger partial charge on any atom is 0.146 e. The quantitative estimate of drug-likeness (QED) is 0.885. The van der Waals surface area contributed by atoms with Gasteiger partial charge in [0.25, 0.3) is 0 Å². The number of imidazole rings is 1. The smallest absolute Gasteiger partial charge is 0.146 e. The first kappa shape index (κ1) is 14.2. The number of nitrogens with two attached hydrogens (primary N) is 1. The van der Waals surface area contributed by atoms with E-state index in [-0.39, 0.29) is 5.78 Å². The SMILES string of the molecule is Cc1cn2cc(CC3(C(N)=S)CCCCC3=O)ccc2n1. The summed E-state index contributed by atoms with van der Waals surface area (Å²) in [5.41, 5.74) is 8.25. The number of aromatic nitrogens is 2. The first-order valence-electron chi connectivity index (χ1n) is 7.29. The number of thiocarbonyl (C=S) groups is 1. The Morgan fingerprint density at radius 1 is 1.43 bits per heavy atom. The zero-order valence-corrected chi connectivity index (χ0v) is 12.9. The van der Waals surface area contributed by atoms with E-state index in [0.717, 1.165) is 36.2 Å². The van der Waals surface area contributed by atoms with Gasteiger partial charge in [-0.2, -0.15) is 0 Å². The van der Waals surface area contributed by atoms with Gasteiger partial charge in [-0.25, -0.2) is 4.98 Å². The molecule has 2 aromatic heterocycles. The van der Waals surface area contributed by atoms with E-state index in [1.807, 2.05) is 35.9 Å². The third kappa shape index (κ3) is 2.46. The molecule has 2 aromatic rings. The van der Waals surface area contributed by atoms with E-state index in [1.165, 1.54) is 0 Å². The average Bonchev–Trinajstić information content (AvgIpc) is 2.80. The van der Waals surface area contributed by atoms with E-state index >= 15 is 0 Å². The Hall–Kier alpha value is -1.75. The van der Waals surface area contributed by atoms with Crippen molar-refractivity contribution in [2.45, 2.75) is 39.0 Å². The fraction of sp³-hybridized carbons (Fsp3) is 0.438. The molecule has 1 saturated carbocycles. The van der Waals surface area contributed by atoms with Crippen molar-refractivity contribution in [3.8, 4) is 0 Å². The van der Waals surface area contributed by atoms with E-state index in [0.29, 0.717) is 17.8 Å². The number of nitrogens with zero attached hydrogens (tertiary/aromatic N) is 2. The zero-order valence-electron chi connectivity index (χ0n) is 12.1. The highest BCUT2D eigenvalue weighted by Gasteiger charge is 2.42. The molecular weight excluding hydrogens is 282 g/mol. The number of fused-ring (bicyclic) bond motifs is 1. The molecule has 0 saturated heterocycles. The van der Waals surface area contributed by atoms with Crippen molar-refractivity contribution < 1.29 is 4.79 Å². The molecule has 1 atom stereocenters. The van der Waals surface area contributed by atoms with E-state index in [1.54, 1.807) is 0 Å². The van der Waals surface area contributed by atoms with Crippen LogP contribution in [-0.2, 0) is 11.2 Å². The molecule has 0 radical (unpaired) electrons. The molecule has 2 N–H and O–H groups in total. The first-order chi connectivity index (χ1) is 10.0. The van der Waals surface area contributed by atoms with Crippen LogP contribution >= 0.6 is 12.2 Å². The molecule has 1 aliphatic rings. The van der Waals surface area contributed by atoms with E-state index in [9.17, 15) is 4.79 Å². The molecule has 1 fully saturated rings. The van der Waals surface area contributed by atoms with Crippen LogP contribution in [0.1, 0.15) is 36.9 Å². The minimum Gasteiger partial charge on any atom is -0.392 e. The largest absolute Gasteiger partial charge is 0.392 e. The Bertz CT molecular complexity index is 721. The van der Waals surface area contributed by atoms with E-state index < -0.39 is 5.41 Å². The molecule has 3 rings (SSSR count). The Kier molecular flexibility index (Phi) is 3.53. The molecule has 1 aliphatic carbocycles. The molecule has 5 heteroatoms. The number of pyridine rings is 1. The summed E-state index contributed by atoms with van der Waals surface area (Å²) in [6.07, 6.45) is 7.91. The number of carbonyl (C=O) groups excluding carboxylic acids is 1. The lowest BCUT2D eigenvalue weighted by atomic mass is 9.69. The van der Waals surface area contributed by atoms with Gasteiger partial charge < -0.3 is 10.1 Å². The molecule has 0 amide bonds. The maximum atomic E-state index is 12.4. The van der Waals surface area contributed by atoms with Crippen LogP contribution in [0.15, 0.2) is 24.5 Å². The van der Waals surface area contributed by atoms with Gasteiger partial charge in [0.05, 0.1) is 16.1 Å². The summed E-state index contributed by atoms with van der Waals surface area (Å²) < 4.78 is 1.99. The van der Waals surface area contributed by atoms with Crippen molar-refractivity contribution in [2.24, 2.45) is 11.1 Å². The number of ketones is 1. The molecule has 1 unspecified atom stereocenters. The lowest BCUT2D eigenvalue weighted by Gasteiger charge is -2.34. The van der Waals surface area contributed by atoms with Crippen LogP contribution in [0, 0.1) is 12.3 Å². The minimum absolute atomic E-state index is 0.197. The number of rotatable bonds is 3. The summed E-state index contributed by atoms with van der Waals surface area (Å²) in [5.74, 6) is 0.197. The summed E-state index contributed by atoms with van der Waals surface area (Å²) in [6.45, 7) is 1.97. The Morgan fingerprint density at radius 3 is 2.95 bits per heavy atom. The second-order valence-corrected chi connectivity index (χ2v) is 6.38. The van der Waals surface area contributed by atoms with Crippen LogP contribution in [-0.4, -0.2) is 20.2 Å². The third-order valence-electron chi connectivity index (χ3n) is 4.40. The van der Waals surface area contributed by atoms with Crippen molar-refractivity contribution in [1.82, 2.24) is 9.38 Å². The highest BCUT2D eigenvalue weighted by atomic mass is 32.1. The summed E-state index contributed by atoms with van der Waals surface area (Å²) in [6, 6.07) is 3.99. The lowest BCUT2D eigenvalue weighted by molar-refractivity contribution is -0.127. The van der Waals surface area contributed by atoms with Gasteiger partial charge >= 0.3 is 0 Å². The van der Waals surface area contributed by atoms with Crippen molar-refractivity contribution in [3.63, 3.8) is 0 Å². The molecule has 0 spiro atoms. The topological polar surface area (TPSA) is 60.4 Å². The summed E-state index contributed by atoms with van der Waals surface area (Å²) >= 11 is 5.24. The highest BCUT2D eigenvalue weighted by molar-refractivity contribution is 7.80. The van der Waals surface area contributed by atoms with Crippen LogP contribution < -0.4 is 5.73 Å². The maximum absolute atomic E-state index is 12.4. The standard InChI is InChI=1S/C16H19N3OS/c1-11-9-19-10-12(5-6-14(19)18-11)8-16(15(17)21)7-3-2-4-13(16)20/h5-6,9-10H,2-4,7-8H2,1H3,(H2,17,21). The fourth-order valence-corrected chi connectivity index (χ4v) is 3.53. The Labute approximate surface area is 129 Å². The van der Waals surface area contributed by atoms with E-state index in [4.69, 9.17) is 18.0 Å². The van der Waals surface area contributed by atoms with Crippen LogP contribution in [0.3, 0.4) is 0 Å². The van der Waals surface area contributed by atoms with Gasteiger partial charge in [-0.05, 0) is 37.8 Å². The van der Waals surface area contributed by atoms with Crippen molar-refractivity contribution >= 4 is 28.6 Å². The van der Waals surface area contributed by atoms with Crippen LogP contribution in [0.25, 0.3) is 5.65 Å². The monoisotopic (exact) mass is 301 g/mol. The molecule has 0 aromatic carbocycles. The molecule has 0 aliphatic heterocycles. The summed E-state index contributed by atoms with van der Waals surface area (Å²) in [5, 5.41) is 0. The molecule has 0 bridgehead atoms. The number of aryl methyl sites for hydroxylation is 1. The Morgan fingerprint density at radius 2 is 2.24 bits per heavy atom. The third-order valence-corrected chi connectivity index (χ3v) is 4.79. The van der Waals surface area contributed by atoms with Crippen LogP contribution in [0.2, 0.25) is 0 Å². The lowest BCUT2D eigenvalue weighted by Crippen LogP contribution is -2.46. The highest BCUT2D eigenvalue weighted by Crippen LogP contribution is 2.37. The number of hydrogen-bond acceptors (Lipinski definition) is 3. The van der Waals surface area contributed by atoms with Crippen molar-refractivity contribution in [2.75, 3.05) is 0 Å². The van der Waals surface area contributed by atoms with Gasteiger partial charge in [0, 0.05) is 18.8 Å². The normalized spacial score (nSPS) is 22.6. The second-order valence-electron chi connectivity index (χ2n) is 5.94. The van der Waals surface area contributed by atoms with Gasteiger partial charge in [-0.1, -0.05) is 24.7 Å². The first-order valence-corrected chi connectivity index (χ1v) is 7.69. The number of hydrogen-bond donors (Lipinski definition) is 1. The van der Waals surface area contributed by atoms with Crippen molar-refractivity contribution in [1.29, 1.82) is 0 Å². The van der Waals surface area contributed by atoms with Gasteiger partial charge in [-0.15, -0.1) is 0 Å². The molecule has 4 nitrogen and oxygen atoms in total. The number of Topliss-reactive ketones (excluding diaryl/α,β-unsaturated/α-hetero) is 1. The predicted molar refractivity (Wildman–Crippen MR) is 86.3 cm³/mol. The minimum atomic E-state index is -0.656. The Balaban J connectivity index is 1.97. The van der Waals surface area contributed by atoms with Crippen LogP contribution in [0.4, 0.5) is 0 Å². The molecule has 110 valence electrons. The van der Waals surface area contributed by atoms with Crippen molar-refractivity contribution in [3.05, 3.63) is 35.8 Å². The molecule has 21 heavy (non-hydrogen) atoms. The molecular formula is C16H19N3OS. The van der Waals surface area contributed by atoms with Gasteiger partial charge in [0.1, 0.15) is 11.4 Å². The van der Waals surface area contributed by atoms with Gasteiger partial charge in [0.15, 0.2) is 0 Å². The molecule has 2 heterocycles. The van der Waals surface area contributed by atoms with Gasteiger partial charge in [0.2, 0.25) is 0 Å². The van der Waals surface area contributed by atoms with E-state index in [2.05, 4.69) is 4.98 Å². The van der Waals surface area contributed by atoms with Crippen LogP contribution in [0.5, 0.6) is 0 Å².